The van der Waals surface area contributed by atoms with Crippen molar-refractivity contribution in [3.8, 4) is 11.1 Å². The molecule has 2 aliphatic carbocycles. The van der Waals surface area contributed by atoms with Crippen LogP contribution < -0.4 is 21.3 Å². The number of alkyl carbamates (subject to hydrolysis) is 1. The number of fused-ring (bicyclic) bond motifs is 4. The minimum Gasteiger partial charge on any atom is -0.449 e. The number of ether oxygens (including phenoxy) is 1. The van der Waals surface area contributed by atoms with E-state index in [1.807, 2.05) is 36.4 Å². The Hall–Kier alpha value is -4.35. The first-order valence-electron chi connectivity index (χ1n) is 17.7. The molecular formula is C39H47N5O5S. The standard InChI is InChI=1S/C39H47N5O5S/c1-25(40-2)36(45)43-34(38(47)44-24-50-23-35(44)37(46)42-33-20-11-13-26-12-3-4-14-27(26)33)19-9-10-21-41-39(48)49-22-32-30-17-7-5-15-28(30)29-16-6-8-18-31(29)32/h3-8,12,14-18,25,32-35,40H,9-11,13,19-24H2,1-2H3,(H,41,48)(H,42,46)(H,43,45)/t25?,33-,34-,35?/m0/s1. The van der Waals surface area contributed by atoms with Gasteiger partial charge < -0.3 is 30.9 Å². The predicted octanol–water partition coefficient (Wildman–Crippen LogP) is 4.88. The molecule has 2 unspecified atom stereocenters. The summed E-state index contributed by atoms with van der Waals surface area (Å²) in [6.07, 6.45) is 3.91. The van der Waals surface area contributed by atoms with Crippen LogP contribution in [0.2, 0.25) is 0 Å². The molecule has 4 amide bonds. The maximum absolute atomic E-state index is 14.0. The lowest BCUT2D eigenvalue weighted by molar-refractivity contribution is -0.141. The summed E-state index contributed by atoms with van der Waals surface area (Å²) in [5.74, 6) is 0.163. The number of aryl methyl sites for hydroxylation is 1. The first-order valence-corrected chi connectivity index (χ1v) is 18.8. The summed E-state index contributed by atoms with van der Waals surface area (Å²) in [5, 5.41) is 11.9. The number of unbranched alkanes of at least 4 members (excludes halogenated alkanes) is 1. The molecule has 1 fully saturated rings. The van der Waals surface area contributed by atoms with Gasteiger partial charge in [0.05, 0.1) is 18.0 Å². The number of benzene rings is 3. The molecule has 6 rings (SSSR count). The van der Waals surface area contributed by atoms with Crippen molar-refractivity contribution in [2.45, 2.75) is 75.5 Å². The van der Waals surface area contributed by atoms with Crippen molar-refractivity contribution in [1.29, 1.82) is 0 Å². The number of amides is 4. The first-order chi connectivity index (χ1) is 24.4. The molecule has 4 N–H and O–H groups in total. The molecule has 3 aliphatic rings. The third kappa shape index (κ3) is 8.00. The van der Waals surface area contributed by atoms with Crippen LogP contribution in [0, 0.1) is 0 Å². The van der Waals surface area contributed by atoms with Gasteiger partial charge in [-0.2, -0.15) is 0 Å². The quantitative estimate of drug-likeness (QED) is 0.188. The van der Waals surface area contributed by atoms with E-state index < -0.39 is 24.2 Å². The Morgan fingerprint density at radius 3 is 2.32 bits per heavy atom. The van der Waals surface area contributed by atoms with Gasteiger partial charge in [0.1, 0.15) is 18.7 Å². The highest BCUT2D eigenvalue weighted by atomic mass is 32.2. The van der Waals surface area contributed by atoms with E-state index in [1.54, 1.807) is 30.6 Å². The molecule has 0 saturated carbocycles. The fourth-order valence-electron chi connectivity index (χ4n) is 7.25. The maximum Gasteiger partial charge on any atom is 0.407 e. The summed E-state index contributed by atoms with van der Waals surface area (Å²) in [6, 6.07) is 22.7. The number of carbonyl (C=O) groups excluding carboxylic acids is 4. The summed E-state index contributed by atoms with van der Waals surface area (Å²) >= 11 is 1.54. The van der Waals surface area contributed by atoms with E-state index in [1.165, 1.54) is 16.7 Å². The Morgan fingerprint density at radius 1 is 0.920 bits per heavy atom. The highest BCUT2D eigenvalue weighted by molar-refractivity contribution is 7.99. The Morgan fingerprint density at radius 2 is 1.60 bits per heavy atom. The molecule has 264 valence electrons. The number of hydrogen-bond donors (Lipinski definition) is 4. The largest absolute Gasteiger partial charge is 0.449 e. The summed E-state index contributed by atoms with van der Waals surface area (Å²) in [7, 11) is 1.69. The van der Waals surface area contributed by atoms with E-state index in [0.717, 1.165) is 36.0 Å². The van der Waals surface area contributed by atoms with Crippen LogP contribution in [0.1, 0.15) is 73.2 Å². The lowest BCUT2D eigenvalue weighted by atomic mass is 9.87. The van der Waals surface area contributed by atoms with Crippen molar-refractivity contribution in [2.24, 2.45) is 0 Å². The fraction of sp³-hybridized carbons (Fsp3) is 0.436. The highest BCUT2D eigenvalue weighted by Crippen LogP contribution is 2.44. The molecule has 0 bridgehead atoms. The van der Waals surface area contributed by atoms with E-state index >= 15 is 0 Å². The lowest BCUT2D eigenvalue weighted by Crippen LogP contribution is -2.56. The van der Waals surface area contributed by atoms with Gasteiger partial charge in [0.2, 0.25) is 17.7 Å². The van der Waals surface area contributed by atoms with Gasteiger partial charge in [-0.3, -0.25) is 14.4 Å². The highest BCUT2D eigenvalue weighted by Gasteiger charge is 2.39. The van der Waals surface area contributed by atoms with Crippen molar-refractivity contribution in [1.82, 2.24) is 26.2 Å². The van der Waals surface area contributed by atoms with Gasteiger partial charge in [0.25, 0.3) is 0 Å². The van der Waals surface area contributed by atoms with Gasteiger partial charge in [0.15, 0.2) is 0 Å². The minimum atomic E-state index is -0.794. The van der Waals surface area contributed by atoms with Crippen LogP contribution in [0.5, 0.6) is 0 Å². The van der Waals surface area contributed by atoms with Crippen LogP contribution in [-0.2, 0) is 25.5 Å². The molecule has 1 aliphatic heterocycles. The van der Waals surface area contributed by atoms with Gasteiger partial charge in [-0.15, -0.1) is 11.8 Å². The molecular weight excluding hydrogens is 651 g/mol. The van der Waals surface area contributed by atoms with E-state index in [0.29, 0.717) is 37.4 Å². The molecule has 10 nitrogen and oxygen atoms in total. The third-order valence-corrected chi connectivity index (χ3v) is 11.1. The smallest absolute Gasteiger partial charge is 0.407 e. The summed E-state index contributed by atoms with van der Waals surface area (Å²) < 4.78 is 5.66. The van der Waals surface area contributed by atoms with E-state index in [2.05, 4.69) is 57.7 Å². The van der Waals surface area contributed by atoms with Gasteiger partial charge in [-0.05, 0) is 85.9 Å². The summed E-state index contributed by atoms with van der Waals surface area (Å²) in [5.41, 5.74) is 7.06. The van der Waals surface area contributed by atoms with Crippen molar-refractivity contribution in [3.63, 3.8) is 0 Å². The Kier molecular flexibility index (Phi) is 11.8. The molecule has 3 aromatic carbocycles. The number of carbonyl (C=O) groups is 4. The van der Waals surface area contributed by atoms with Gasteiger partial charge in [0, 0.05) is 18.2 Å². The first kappa shape index (κ1) is 35.5. The average Bonchev–Trinajstić information content (AvgIpc) is 3.76. The normalized spacial score (nSPS) is 19.0. The number of nitrogens with zero attached hydrogens (tertiary/aromatic N) is 1. The topological polar surface area (TPSA) is 129 Å². The van der Waals surface area contributed by atoms with Crippen LogP contribution in [0.4, 0.5) is 4.79 Å². The number of nitrogens with one attached hydrogen (secondary N) is 4. The maximum atomic E-state index is 14.0. The molecule has 4 atom stereocenters. The predicted molar refractivity (Wildman–Crippen MR) is 196 cm³/mol. The molecule has 3 aromatic rings. The number of hydrogen-bond acceptors (Lipinski definition) is 7. The average molecular weight is 698 g/mol. The fourth-order valence-corrected chi connectivity index (χ4v) is 8.41. The Labute approximate surface area is 298 Å². The second-order valence-corrected chi connectivity index (χ2v) is 14.3. The molecule has 0 spiro atoms. The molecule has 0 radical (unpaired) electrons. The van der Waals surface area contributed by atoms with Crippen molar-refractivity contribution >= 4 is 35.6 Å². The van der Waals surface area contributed by atoms with Crippen LogP contribution in [0.15, 0.2) is 72.8 Å². The number of thioether (sulfide) groups is 1. The van der Waals surface area contributed by atoms with Crippen LogP contribution >= 0.6 is 11.8 Å². The number of likely N-dealkylation sites (N-methyl/N-ethyl adjacent to an activating group) is 1. The Bertz CT molecular complexity index is 1660. The SMILES string of the molecule is CNC(C)C(=O)N[C@@H](CCCCNC(=O)OCC1c2ccccc2-c2ccccc21)C(=O)N1CSCC1C(=O)N[C@H]1CCCc2ccccc21. The van der Waals surface area contributed by atoms with Crippen LogP contribution in [0.25, 0.3) is 11.1 Å². The zero-order chi connectivity index (χ0) is 35.0. The van der Waals surface area contributed by atoms with Crippen molar-refractivity contribution in [2.75, 3.05) is 31.8 Å². The van der Waals surface area contributed by atoms with Gasteiger partial charge in [-0.1, -0.05) is 72.8 Å². The van der Waals surface area contributed by atoms with Crippen molar-refractivity contribution < 1.29 is 23.9 Å². The van der Waals surface area contributed by atoms with E-state index in [4.69, 9.17) is 4.74 Å². The van der Waals surface area contributed by atoms with E-state index in [9.17, 15) is 19.2 Å². The summed E-state index contributed by atoms with van der Waals surface area (Å²) in [4.78, 5) is 54.7. The summed E-state index contributed by atoms with van der Waals surface area (Å²) in [6.45, 7) is 2.34. The molecule has 50 heavy (non-hydrogen) atoms. The molecule has 11 heteroatoms. The molecule has 1 saturated heterocycles. The monoisotopic (exact) mass is 697 g/mol. The minimum absolute atomic E-state index is 0.0170. The van der Waals surface area contributed by atoms with Crippen molar-refractivity contribution in [3.05, 3.63) is 95.1 Å². The Balaban J connectivity index is 1.01. The van der Waals surface area contributed by atoms with Gasteiger partial charge in [-0.25, -0.2) is 4.79 Å². The lowest BCUT2D eigenvalue weighted by Gasteiger charge is -2.31. The second-order valence-electron chi connectivity index (χ2n) is 13.3. The van der Waals surface area contributed by atoms with Gasteiger partial charge >= 0.3 is 6.09 Å². The van der Waals surface area contributed by atoms with Crippen LogP contribution in [0.3, 0.4) is 0 Å². The second kappa shape index (κ2) is 16.6. The molecule has 1 heterocycles. The zero-order valence-electron chi connectivity index (χ0n) is 28.8. The molecule has 0 aromatic heterocycles. The van der Waals surface area contributed by atoms with E-state index in [-0.39, 0.29) is 36.3 Å². The zero-order valence-corrected chi connectivity index (χ0v) is 29.6. The third-order valence-electron chi connectivity index (χ3n) is 10.1. The number of rotatable bonds is 13. The van der Waals surface area contributed by atoms with Crippen LogP contribution in [-0.4, -0.2) is 78.7 Å².